The van der Waals surface area contributed by atoms with Crippen LogP contribution in [0.3, 0.4) is 0 Å². The Bertz CT molecular complexity index is 1150. The Morgan fingerprint density at radius 1 is 1.00 bits per heavy atom. The number of pyridine rings is 1. The fourth-order valence-electron chi connectivity index (χ4n) is 3.67. The predicted octanol–water partition coefficient (Wildman–Crippen LogP) is 4.66. The van der Waals surface area contributed by atoms with Gasteiger partial charge >= 0.3 is 0 Å². The van der Waals surface area contributed by atoms with Gasteiger partial charge in [-0.1, -0.05) is 24.2 Å². The number of hydrogen-bond acceptors (Lipinski definition) is 8. The predicted molar refractivity (Wildman–Crippen MR) is 117 cm³/mol. The molecule has 1 aliphatic carbocycles. The Labute approximate surface area is 177 Å². The summed E-state index contributed by atoms with van der Waals surface area (Å²) in [4.78, 5) is 17.3. The van der Waals surface area contributed by atoms with Crippen LogP contribution >= 0.6 is 11.3 Å². The van der Waals surface area contributed by atoms with E-state index >= 15 is 0 Å². The number of hydrogen-bond donors (Lipinski definition) is 2. The lowest BCUT2D eigenvalue weighted by atomic mass is 9.93. The zero-order valence-electron chi connectivity index (χ0n) is 16.2. The molecule has 0 saturated heterocycles. The summed E-state index contributed by atoms with van der Waals surface area (Å²) in [5.41, 5.74) is 2.50. The molecule has 7 nitrogen and oxygen atoms in total. The minimum atomic E-state index is -0.307. The molecular weight excluding hydrogens is 398 g/mol. The summed E-state index contributed by atoms with van der Waals surface area (Å²) in [6.07, 6.45) is 12.1. The number of aromatic nitrogens is 4. The Morgan fingerprint density at radius 3 is 2.80 bits per heavy atom. The van der Waals surface area contributed by atoms with Gasteiger partial charge in [0.05, 0.1) is 40.5 Å². The first kappa shape index (κ1) is 18.9. The summed E-state index contributed by atoms with van der Waals surface area (Å²) in [6, 6.07) is 7.79. The molecule has 8 heteroatoms. The number of ether oxygens (including phenoxy) is 1. The van der Waals surface area contributed by atoms with Crippen molar-refractivity contribution in [2.75, 3.05) is 5.32 Å². The van der Waals surface area contributed by atoms with Gasteiger partial charge in [0, 0.05) is 30.2 Å². The maximum Gasteiger partial charge on any atom is 0.184 e. The largest absolute Gasteiger partial charge is 0.456 e. The summed E-state index contributed by atoms with van der Waals surface area (Å²) in [5.74, 6) is 1.35. The van der Waals surface area contributed by atoms with Gasteiger partial charge in [0.15, 0.2) is 5.13 Å². The summed E-state index contributed by atoms with van der Waals surface area (Å²) < 4.78 is 7.06. The molecule has 0 aliphatic heterocycles. The van der Waals surface area contributed by atoms with Crippen LogP contribution in [0.1, 0.15) is 25.7 Å². The van der Waals surface area contributed by atoms with Crippen molar-refractivity contribution in [3.05, 3.63) is 55.2 Å². The van der Waals surface area contributed by atoms with E-state index in [1.165, 1.54) is 0 Å². The number of aliphatic hydroxyl groups is 1. The number of anilines is 1. The second kappa shape index (κ2) is 8.33. The molecule has 0 spiro atoms. The third-order valence-electron chi connectivity index (χ3n) is 5.21. The van der Waals surface area contributed by atoms with Crippen LogP contribution in [0.5, 0.6) is 11.5 Å². The fourth-order valence-corrected chi connectivity index (χ4v) is 4.62. The smallest absolute Gasteiger partial charge is 0.184 e. The highest BCUT2D eigenvalue weighted by molar-refractivity contribution is 7.22. The van der Waals surface area contributed by atoms with E-state index in [-0.39, 0.29) is 12.1 Å². The molecule has 3 heterocycles. The lowest BCUT2D eigenvalue weighted by molar-refractivity contribution is 0.116. The molecule has 0 amide bonds. The van der Waals surface area contributed by atoms with Crippen molar-refractivity contribution in [1.29, 1.82) is 0 Å². The quantitative estimate of drug-likeness (QED) is 0.486. The molecule has 4 aromatic rings. The van der Waals surface area contributed by atoms with Gasteiger partial charge in [0.2, 0.25) is 0 Å². The van der Waals surface area contributed by atoms with E-state index in [0.29, 0.717) is 11.5 Å². The zero-order valence-corrected chi connectivity index (χ0v) is 17.0. The van der Waals surface area contributed by atoms with E-state index in [2.05, 4.69) is 25.3 Å². The van der Waals surface area contributed by atoms with Crippen LogP contribution in [-0.4, -0.2) is 37.2 Å². The molecule has 1 saturated carbocycles. The average Bonchev–Trinajstić information content (AvgIpc) is 3.18. The molecule has 0 unspecified atom stereocenters. The van der Waals surface area contributed by atoms with Gasteiger partial charge in [-0.25, -0.2) is 4.98 Å². The number of thiazole rings is 1. The van der Waals surface area contributed by atoms with E-state index < -0.39 is 0 Å². The highest BCUT2D eigenvalue weighted by Gasteiger charge is 2.23. The topological polar surface area (TPSA) is 93.0 Å². The third kappa shape index (κ3) is 4.10. The number of rotatable bonds is 5. The van der Waals surface area contributed by atoms with Gasteiger partial charge in [-0.3, -0.25) is 15.0 Å². The van der Waals surface area contributed by atoms with Crippen molar-refractivity contribution in [3.63, 3.8) is 0 Å². The Hall–Kier alpha value is -3.10. The van der Waals surface area contributed by atoms with Crippen LogP contribution in [0.4, 0.5) is 5.13 Å². The molecule has 3 aromatic heterocycles. The van der Waals surface area contributed by atoms with Crippen LogP contribution in [0.25, 0.3) is 21.5 Å². The Kier molecular flexibility index (Phi) is 5.25. The van der Waals surface area contributed by atoms with Gasteiger partial charge in [-0.2, -0.15) is 0 Å². The van der Waals surface area contributed by atoms with E-state index in [9.17, 15) is 5.11 Å². The van der Waals surface area contributed by atoms with E-state index in [1.807, 2.05) is 24.3 Å². The van der Waals surface area contributed by atoms with Gasteiger partial charge in [-0.15, -0.1) is 0 Å². The Morgan fingerprint density at radius 2 is 1.93 bits per heavy atom. The average molecular weight is 420 g/mol. The molecule has 152 valence electrons. The van der Waals surface area contributed by atoms with Gasteiger partial charge < -0.3 is 15.2 Å². The minimum Gasteiger partial charge on any atom is -0.456 e. The minimum absolute atomic E-state index is 0.0740. The standard InChI is InChI=1S/C22H21N5O2S/c28-20-4-2-1-3-17(20)26-22-27-18-6-5-15(10-21(18)30-22)29-16-9-14(11-24-12-16)19-13-23-7-8-25-19/h5-13,17,20,28H,1-4H2,(H,26,27)/t17-,20-/m1/s1. The summed E-state index contributed by atoms with van der Waals surface area (Å²) in [5, 5.41) is 14.4. The molecule has 2 N–H and O–H groups in total. The molecule has 1 aromatic carbocycles. The highest BCUT2D eigenvalue weighted by Crippen LogP contribution is 2.33. The monoisotopic (exact) mass is 419 g/mol. The van der Waals surface area contributed by atoms with Crippen molar-refractivity contribution >= 4 is 26.7 Å². The molecule has 1 aliphatic rings. The first-order chi connectivity index (χ1) is 14.7. The summed E-state index contributed by atoms with van der Waals surface area (Å²) >= 11 is 1.57. The van der Waals surface area contributed by atoms with Crippen LogP contribution in [0.2, 0.25) is 0 Å². The third-order valence-corrected chi connectivity index (χ3v) is 6.16. The lowest BCUT2D eigenvalue weighted by Crippen LogP contribution is -2.36. The van der Waals surface area contributed by atoms with Gasteiger partial charge in [0.1, 0.15) is 11.5 Å². The number of benzene rings is 1. The summed E-state index contributed by atoms with van der Waals surface area (Å²) in [7, 11) is 0. The highest BCUT2D eigenvalue weighted by atomic mass is 32.1. The number of fused-ring (bicyclic) bond motifs is 1. The summed E-state index contributed by atoms with van der Waals surface area (Å²) in [6.45, 7) is 0. The Balaban J connectivity index is 1.34. The first-order valence-corrected chi connectivity index (χ1v) is 10.8. The molecule has 5 rings (SSSR count). The molecule has 1 fully saturated rings. The van der Waals surface area contributed by atoms with Gasteiger partial charge in [-0.05, 0) is 31.0 Å². The molecule has 2 atom stereocenters. The molecular formula is C22H21N5O2S. The van der Waals surface area contributed by atoms with Crippen LogP contribution in [0, 0.1) is 0 Å². The van der Waals surface area contributed by atoms with Crippen LogP contribution in [0.15, 0.2) is 55.2 Å². The molecule has 0 bridgehead atoms. The van der Waals surface area contributed by atoms with E-state index in [0.717, 1.165) is 52.3 Å². The van der Waals surface area contributed by atoms with E-state index in [1.54, 1.807) is 42.3 Å². The number of aliphatic hydroxyl groups excluding tert-OH is 1. The maximum atomic E-state index is 10.2. The normalized spacial score (nSPS) is 19.0. The van der Waals surface area contributed by atoms with Crippen LogP contribution < -0.4 is 10.1 Å². The van der Waals surface area contributed by atoms with Crippen LogP contribution in [-0.2, 0) is 0 Å². The van der Waals surface area contributed by atoms with Crippen molar-refractivity contribution < 1.29 is 9.84 Å². The van der Waals surface area contributed by atoms with Crippen molar-refractivity contribution in [3.8, 4) is 22.8 Å². The zero-order chi connectivity index (χ0) is 20.3. The fraction of sp³-hybridized carbons (Fsp3) is 0.273. The first-order valence-electron chi connectivity index (χ1n) is 9.99. The van der Waals surface area contributed by atoms with Crippen molar-refractivity contribution in [2.45, 2.75) is 37.8 Å². The second-order valence-corrected chi connectivity index (χ2v) is 8.38. The van der Waals surface area contributed by atoms with Crippen molar-refractivity contribution in [2.24, 2.45) is 0 Å². The molecule has 30 heavy (non-hydrogen) atoms. The SMILES string of the molecule is O[C@@H]1CCCC[C@H]1Nc1nc2ccc(Oc3cncc(-c4cnccn4)c3)cc2s1. The lowest BCUT2D eigenvalue weighted by Gasteiger charge is -2.27. The maximum absolute atomic E-state index is 10.2. The number of nitrogens with one attached hydrogen (secondary N) is 1. The second-order valence-electron chi connectivity index (χ2n) is 7.35. The molecule has 0 radical (unpaired) electrons. The van der Waals surface area contributed by atoms with Crippen molar-refractivity contribution in [1.82, 2.24) is 19.9 Å². The van der Waals surface area contributed by atoms with E-state index in [4.69, 9.17) is 4.74 Å². The van der Waals surface area contributed by atoms with Gasteiger partial charge in [0.25, 0.3) is 0 Å². The number of nitrogens with zero attached hydrogens (tertiary/aromatic N) is 4.